The molecule has 5 heteroatoms. The van der Waals surface area contributed by atoms with E-state index in [0.717, 1.165) is 19.4 Å². The first-order valence-corrected chi connectivity index (χ1v) is 4.30. The van der Waals surface area contributed by atoms with Crippen molar-refractivity contribution < 1.29 is 9.90 Å². The number of rotatable bonds is 4. The number of nitrogens with zero attached hydrogens (tertiary/aromatic N) is 3. The minimum atomic E-state index is -1.01. The Morgan fingerprint density at radius 3 is 2.77 bits per heavy atom. The maximum absolute atomic E-state index is 10.6. The van der Waals surface area contributed by atoms with E-state index in [9.17, 15) is 4.79 Å². The lowest BCUT2D eigenvalue weighted by Gasteiger charge is -2.00. The fraction of sp³-hybridized carbons (Fsp3) is 0.625. The molecule has 0 aromatic carbocycles. The third kappa shape index (κ3) is 2.05. The van der Waals surface area contributed by atoms with Crippen molar-refractivity contribution >= 4 is 5.97 Å². The average Bonchev–Trinajstić information content (AvgIpc) is 2.43. The number of carboxylic acid groups (broad SMARTS) is 1. The Morgan fingerprint density at radius 1 is 1.62 bits per heavy atom. The normalized spacial score (nSPS) is 10.3. The van der Waals surface area contributed by atoms with Gasteiger partial charge in [-0.25, -0.2) is 9.48 Å². The van der Waals surface area contributed by atoms with Crippen LogP contribution in [0.3, 0.4) is 0 Å². The van der Waals surface area contributed by atoms with Crippen molar-refractivity contribution in [2.45, 2.75) is 33.2 Å². The molecule has 72 valence electrons. The zero-order valence-corrected chi connectivity index (χ0v) is 7.82. The lowest BCUT2D eigenvalue weighted by Crippen LogP contribution is -2.04. The quantitative estimate of drug-likeness (QED) is 0.758. The Kier molecular flexibility index (Phi) is 3.00. The van der Waals surface area contributed by atoms with Crippen molar-refractivity contribution in [1.29, 1.82) is 0 Å². The number of carboxylic acids is 1. The minimum absolute atomic E-state index is 0.0519. The molecule has 0 saturated heterocycles. The summed E-state index contributed by atoms with van der Waals surface area (Å²) in [5.41, 5.74) is 0.678. The Hall–Kier alpha value is -1.39. The second-order valence-electron chi connectivity index (χ2n) is 2.91. The van der Waals surface area contributed by atoms with Crippen LogP contribution < -0.4 is 0 Å². The van der Waals surface area contributed by atoms with Crippen LogP contribution in [-0.2, 0) is 6.54 Å². The SMILES string of the molecule is CCCCn1nnc(C(=O)O)c1C. The molecule has 13 heavy (non-hydrogen) atoms. The first kappa shape index (κ1) is 9.70. The van der Waals surface area contributed by atoms with Crippen LogP contribution in [0.2, 0.25) is 0 Å². The Bertz CT molecular complexity index is 306. The van der Waals surface area contributed by atoms with E-state index in [1.165, 1.54) is 0 Å². The second kappa shape index (κ2) is 4.02. The van der Waals surface area contributed by atoms with E-state index in [0.29, 0.717) is 5.69 Å². The van der Waals surface area contributed by atoms with Crippen molar-refractivity contribution in [3.05, 3.63) is 11.4 Å². The van der Waals surface area contributed by atoms with Crippen LogP contribution in [0.25, 0.3) is 0 Å². The molecule has 0 bridgehead atoms. The zero-order chi connectivity index (χ0) is 9.84. The van der Waals surface area contributed by atoms with Crippen LogP contribution >= 0.6 is 0 Å². The molecule has 0 amide bonds. The largest absolute Gasteiger partial charge is 0.476 e. The van der Waals surface area contributed by atoms with Crippen LogP contribution in [0.1, 0.15) is 35.9 Å². The topological polar surface area (TPSA) is 68.0 Å². The summed E-state index contributed by atoms with van der Waals surface area (Å²) in [6, 6.07) is 0. The molecular formula is C8H13N3O2. The smallest absolute Gasteiger partial charge is 0.358 e. The van der Waals surface area contributed by atoms with Gasteiger partial charge >= 0.3 is 5.97 Å². The molecule has 1 heterocycles. The zero-order valence-electron chi connectivity index (χ0n) is 7.82. The fourth-order valence-electron chi connectivity index (χ4n) is 1.08. The van der Waals surface area contributed by atoms with E-state index in [-0.39, 0.29) is 5.69 Å². The van der Waals surface area contributed by atoms with E-state index in [4.69, 9.17) is 5.11 Å². The number of hydrogen-bond acceptors (Lipinski definition) is 3. The molecular weight excluding hydrogens is 170 g/mol. The van der Waals surface area contributed by atoms with Gasteiger partial charge in [0, 0.05) is 6.54 Å². The van der Waals surface area contributed by atoms with Gasteiger partial charge in [-0.2, -0.15) is 0 Å². The maximum Gasteiger partial charge on any atom is 0.358 e. The highest BCUT2D eigenvalue weighted by atomic mass is 16.4. The Morgan fingerprint density at radius 2 is 2.31 bits per heavy atom. The van der Waals surface area contributed by atoms with E-state index >= 15 is 0 Å². The van der Waals surface area contributed by atoms with E-state index in [1.54, 1.807) is 11.6 Å². The molecule has 0 aliphatic heterocycles. The molecule has 1 N–H and O–H groups in total. The Balaban J connectivity index is 2.80. The van der Waals surface area contributed by atoms with Gasteiger partial charge in [-0.05, 0) is 13.3 Å². The van der Waals surface area contributed by atoms with E-state index in [2.05, 4.69) is 17.2 Å². The van der Waals surface area contributed by atoms with Gasteiger partial charge < -0.3 is 5.11 Å². The van der Waals surface area contributed by atoms with Gasteiger partial charge in [0.05, 0.1) is 5.69 Å². The summed E-state index contributed by atoms with van der Waals surface area (Å²) >= 11 is 0. The van der Waals surface area contributed by atoms with Crippen LogP contribution in [-0.4, -0.2) is 26.1 Å². The number of hydrogen-bond donors (Lipinski definition) is 1. The molecule has 0 unspecified atom stereocenters. The molecule has 0 atom stereocenters. The highest BCUT2D eigenvalue weighted by Crippen LogP contribution is 2.04. The van der Waals surface area contributed by atoms with Gasteiger partial charge in [0.2, 0.25) is 0 Å². The highest BCUT2D eigenvalue weighted by molar-refractivity contribution is 5.86. The maximum atomic E-state index is 10.6. The summed E-state index contributed by atoms with van der Waals surface area (Å²) in [5.74, 6) is -1.01. The number of aryl methyl sites for hydroxylation is 1. The summed E-state index contributed by atoms with van der Waals surface area (Å²) in [5, 5.41) is 16.0. The summed E-state index contributed by atoms with van der Waals surface area (Å²) < 4.78 is 1.63. The monoisotopic (exact) mass is 183 g/mol. The molecule has 0 aliphatic carbocycles. The van der Waals surface area contributed by atoms with E-state index < -0.39 is 5.97 Å². The van der Waals surface area contributed by atoms with Crippen LogP contribution in [0.4, 0.5) is 0 Å². The van der Waals surface area contributed by atoms with Crippen molar-refractivity contribution in [1.82, 2.24) is 15.0 Å². The second-order valence-corrected chi connectivity index (χ2v) is 2.91. The molecule has 0 fully saturated rings. The molecule has 0 aliphatic rings. The summed E-state index contributed by atoms with van der Waals surface area (Å²) in [7, 11) is 0. The average molecular weight is 183 g/mol. The van der Waals surface area contributed by atoms with Crippen molar-refractivity contribution in [2.75, 3.05) is 0 Å². The summed E-state index contributed by atoms with van der Waals surface area (Å²) in [6.45, 7) is 4.53. The highest BCUT2D eigenvalue weighted by Gasteiger charge is 2.13. The van der Waals surface area contributed by atoms with Crippen molar-refractivity contribution in [3.63, 3.8) is 0 Å². The summed E-state index contributed by atoms with van der Waals surface area (Å²) in [6.07, 6.45) is 2.05. The lowest BCUT2D eigenvalue weighted by atomic mass is 10.3. The predicted molar refractivity (Wildman–Crippen MR) is 46.6 cm³/mol. The third-order valence-corrected chi connectivity index (χ3v) is 1.91. The van der Waals surface area contributed by atoms with Crippen molar-refractivity contribution in [3.8, 4) is 0 Å². The molecule has 5 nitrogen and oxygen atoms in total. The van der Waals surface area contributed by atoms with Gasteiger partial charge in [0.15, 0.2) is 5.69 Å². The standard InChI is InChI=1S/C8H13N3O2/c1-3-4-5-11-6(2)7(8(12)13)9-10-11/h3-5H2,1-2H3,(H,12,13). The van der Waals surface area contributed by atoms with E-state index in [1.807, 2.05) is 0 Å². The van der Waals surface area contributed by atoms with Gasteiger partial charge in [-0.3, -0.25) is 0 Å². The molecule has 0 spiro atoms. The molecule has 0 saturated carbocycles. The molecule has 1 rings (SSSR count). The van der Waals surface area contributed by atoms with Crippen LogP contribution in [0.15, 0.2) is 0 Å². The summed E-state index contributed by atoms with van der Waals surface area (Å²) in [4.78, 5) is 10.6. The molecule has 1 aromatic rings. The fourth-order valence-corrected chi connectivity index (χ4v) is 1.08. The number of unbranched alkanes of at least 4 members (excludes halogenated alkanes) is 1. The van der Waals surface area contributed by atoms with Gasteiger partial charge in [-0.15, -0.1) is 5.10 Å². The molecule has 1 aromatic heterocycles. The lowest BCUT2D eigenvalue weighted by molar-refractivity contribution is 0.0689. The Labute approximate surface area is 76.4 Å². The molecule has 0 radical (unpaired) electrons. The predicted octanol–water partition coefficient (Wildman–Crippen LogP) is 1.08. The van der Waals surface area contributed by atoms with Gasteiger partial charge in [-0.1, -0.05) is 18.6 Å². The number of carbonyl (C=O) groups is 1. The third-order valence-electron chi connectivity index (χ3n) is 1.91. The van der Waals surface area contributed by atoms with Crippen LogP contribution in [0, 0.1) is 6.92 Å². The van der Waals surface area contributed by atoms with Crippen LogP contribution in [0.5, 0.6) is 0 Å². The minimum Gasteiger partial charge on any atom is -0.476 e. The number of aromatic carboxylic acids is 1. The first-order valence-electron chi connectivity index (χ1n) is 4.30. The first-order chi connectivity index (χ1) is 6.16. The van der Waals surface area contributed by atoms with Gasteiger partial charge in [0.1, 0.15) is 0 Å². The van der Waals surface area contributed by atoms with Gasteiger partial charge in [0.25, 0.3) is 0 Å². The van der Waals surface area contributed by atoms with Crippen molar-refractivity contribution in [2.24, 2.45) is 0 Å². The number of aromatic nitrogens is 3.